The number of rotatable bonds is 3. The van der Waals surface area contributed by atoms with Gasteiger partial charge in [0.2, 0.25) is 0 Å². The zero-order valence-corrected chi connectivity index (χ0v) is 9.67. The van der Waals surface area contributed by atoms with Crippen molar-refractivity contribution in [3.05, 3.63) is 29.0 Å². The average molecular weight is 226 g/mol. The van der Waals surface area contributed by atoms with E-state index in [1.165, 1.54) is 12.0 Å². The molecule has 0 aromatic carbocycles. The summed E-state index contributed by atoms with van der Waals surface area (Å²) in [5.74, 6) is 0. The first-order chi connectivity index (χ1) is 7.29. The topological polar surface area (TPSA) is 28.2 Å². The Hall–Kier alpha value is -0.640. The minimum Gasteiger partial charge on any atom is -0.316 e. The Morgan fingerprint density at radius 3 is 3.20 bits per heavy atom. The number of likely N-dealkylation sites (tertiary alicyclic amines) is 1. The molecule has 1 atom stereocenters. The number of hydrogen-bond donors (Lipinski definition) is 1. The molecule has 1 saturated heterocycles. The van der Waals surface area contributed by atoms with E-state index in [0.717, 1.165) is 24.7 Å². The Labute approximate surface area is 95.4 Å². The summed E-state index contributed by atoms with van der Waals surface area (Å²) >= 11 is 6.07. The highest BCUT2D eigenvalue weighted by Gasteiger charge is 2.21. The summed E-state index contributed by atoms with van der Waals surface area (Å²) in [5.41, 5.74) is 1.17. The first-order valence-corrected chi connectivity index (χ1v) is 5.65. The molecule has 1 aromatic rings. The summed E-state index contributed by atoms with van der Waals surface area (Å²) in [6.07, 6.45) is 4.73. The van der Waals surface area contributed by atoms with E-state index in [2.05, 4.69) is 15.2 Å². The van der Waals surface area contributed by atoms with Gasteiger partial charge in [0.25, 0.3) is 0 Å². The molecule has 0 saturated carbocycles. The second-order valence-corrected chi connectivity index (χ2v) is 4.38. The number of nitrogens with one attached hydrogen (secondary N) is 1. The zero-order valence-electron chi connectivity index (χ0n) is 8.91. The van der Waals surface area contributed by atoms with Crippen molar-refractivity contribution in [3.63, 3.8) is 0 Å². The molecule has 2 heterocycles. The van der Waals surface area contributed by atoms with Crippen LogP contribution < -0.4 is 5.32 Å². The van der Waals surface area contributed by atoms with Gasteiger partial charge >= 0.3 is 0 Å². The van der Waals surface area contributed by atoms with Crippen molar-refractivity contribution in [2.45, 2.75) is 19.0 Å². The van der Waals surface area contributed by atoms with E-state index >= 15 is 0 Å². The first-order valence-electron chi connectivity index (χ1n) is 5.27. The highest BCUT2D eigenvalue weighted by atomic mass is 35.5. The third-order valence-electron chi connectivity index (χ3n) is 2.93. The molecule has 0 bridgehead atoms. The molecule has 0 radical (unpaired) electrons. The van der Waals surface area contributed by atoms with E-state index in [-0.39, 0.29) is 0 Å². The molecule has 15 heavy (non-hydrogen) atoms. The summed E-state index contributed by atoms with van der Waals surface area (Å²) in [6, 6.07) is 2.63. The SMILES string of the molecule is CNC1CCN(Cc2ccncc2Cl)C1. The molecule has 0 aliphatic carbocycles. The average Bonchev–Trinajstić information content (AvgIpc) is 2.69. The minimum atomic E-state index is 0.630. The van der Waals surface area contributed by atoms with Crippen molar-refractivity contribution in [2.24, 2.45) is 0 Å². The van der Waals surface area contributed by atoms with Gasteiger partial charge in [-0.1, -0.05) is 11.6 Å². The second-order valence-electron chi connectivity index (χ2n) is 3.98. The largest absolute Gasteiger partial charge is 0.316 e. The Kier molecular flexibility index (Phi) is 3.57. The molecular formula is C11H16ClN3. The smallest absolute Gasteiger partial charge is 0.0634 e. The van der Waals surface area contributed by atoms with E-state index in [4.69, 9.17) is 11.6 Å². The number of aromatic nitrogens is 1. The van der Waals surface area contributed by atoms with E-state index in [0.29, 0.717) is 6.04 Å². The monoisotopic (exact) mass is 225 g/mol. The molecule has 3 nitrogen and oxygen atoms in total. The summed E-state index contributed by atoms with van der Waals surface area (Å²) in [5, 5.41) is 4.08. The number of hydrogen-bond acceptors (Lipinski definition) is 3. The summed E-state index contributed by atoms with van der Waals surface area (Å²) < 4.78 is 0. The Bertz CT molecular complexity index is 329. The minimum absolute atomic E-state index is 0.630. The van der Waals surface area contributed by atoms with Crippen LogP contribution >= 0.6 is 11.6 Å². The fourth-order valence-corrected chi connectivity index (χ4v) is 2.16. The van der Waals surface area contributed by atoms with Gasteiger partial charge in [0.15, 0.2) is 0 Å². The van der Waals surface area contributed by atoms with Crippen molar-refractivity contribution in [2.75, 3.05) is 20.1 Å². The predicted octanol–water partition coefficient (Wildman–Crippen LogP) is 1.53. The van der Waals surface area contributed by atoms with E-state index in [1.54, 1.807) is 12.4 Å². The molecule has 82 valence electrons. The number of nitrogens with zero attached hydrogens (tertiary/aromatic N) is 2. The van der Waals surface area contributed by atoms with Gasteiger partial charge in [-0.3, -0.25) is 9.88 Å². The molecule has 0 spiro atoms. The lowest BCUT2D eigenvalue weighted by Gasteiger charge is -2.16. The van der Waals surface area contributed by atoms with Gasteiger partial charge in [-0.05, 0) is 25.1 Å². The van der Waals surface area contributed by atoms with E-state index in [1.807, 2.05) is 13.1 Å². The molecule has 1 fully saturated rings. The van der Waals surface area contributed by atoms with Gasteiger partial charge in [0.1, 0.15) is 0 Å². The van der Waals surface area contributed by atoms with Crippen LogP contribution in [-0.2, 0) is 6.54 Å². The van der Waals surface area contributed by atoms with Crippen LogP contribution in [0.15, 0.2) is 18.5 Å². The van der Waals surface area contributed by atoms with Gasteiger partial charge < -0.3 is 5.32 Å². The molecule has 1 aromatic heterocycles. The molecular weight excluding hydrogens is 210 g/mol. The van der Waals surface area contributed by atoms with Crippen molar-refractivity contribution in [3.8, 4) is 0 Å². The van der Waals surface area contributed by atoms with Crippen molar-refractivity contribution in [1.82, 2.24) is 15.2 Å². The predicted molar refractivity (Wildman–Crippen MR) is 62.0 cm³/mol. The van der Waals surface area contributed by atoms with Gasteiger partial charge in [-0.25, -0.2) is 0 Å². The number of pyridine rings is 1. The second kappa shape index (κ2) is 4.92. The normalized spacial score (nSPS) is 22.1. The Morgan fingerprint density at radius 1 is 1.67 bits per heavy atom. The summed E-state index contributed by atoms with van der Waals surface area (Å²) in [7, 11) is 2.02. The maximum Gasteiger partial charge on any atom is 0.0634 e. The Balaban J connectivity index is 1.96. The summed E-state index contributed by atoms with van der Waals surface area (Å²) in [6.45, 7) is 3.18. The molecule has 1 unspecified atom stereocenters. The quantitative estimate of drug-likeness (QED) is 0.846. The standard InChI is InChI=1S/C11H16ClN3/c1-13-10-3-5-15(8-10)7-9-2-4-14-6-11(9)12/h2,4,6,10,13H,3,5,7-8H2,1H3. The van der Waals surface area contributed by atoms with Crippen LogP contribution in [0.3, 0.4) is 0 Å². The summed E-state index contributed by atoms with van der Waals surface area (Å²) in [4.78, 5) is 6.41. The van der Waals surface area contributed by atoms with E-state index in [9.17, 15) is 0 Å². The van der Waals surface area contributed by atoms with Crippen LogP contribution in [0.4, 0.5) is 0 Å². The van der Waals surface area contributed by atoms with Crippen LogP contribution in [0.2, 0.25) is 5.02 Å². The molecule has 0 amide bonds. The zero-order chi connectivity index (χ0) is 10.7. The van der Waals surface area contributed by atoms with Gasteiger partial charge in [-0.2, -0.15) is 0 Å². The lowest BCUT2D eigenvalue weighted by atomic mass is 10.2. The fraction of sp³-hybridized carbons (Fsp3) is 0.545. The van der Waals surface area contributed by atoms with Crippen LogP contribution in [0.25, 0.3) is 0 Å². The van der Waals surface area contributed by atoms with Crippen molar-refractivity contribution in [1.29, 1.82) is 0 Å². The lowest BCUT2D eigenvalue weighted by molar-refractivity contribution is 0.322. The van der Waals surface area contributed by atoms with Crippen LogP contribution in [0, 0.1) is 0 Å². The van der Waals surface area contributed by atoms with Crippen molar-refractivity contribution >= 4 is 11.6 Å². The maximum atomic E-state index is 6.07. The molecule has 4 heteroatoms. The van der Waals surface area contributed by atoms with Crippen LogP contribution in [0.5, 0.6) is 0 Å². The number of likely N-dealkylation sites (N-methyl/N-ethyl adjacent to an activating group) is 1. The first kappa shape index (κ1) is 10.9. The van der Waals surface area contributed by atoms with Crippen molar-refractivity contribution < 1.29 is 0 Å². The van der Waals surface area contributed by atoms with Gasteiger partial charge in [0, 0.05) is 38.1 Å². The maximum absolute atomic E-state index is 6.07. The molecule has 2 rings (SSSR count). The highest BCUT2D eigenvalue weighted by molar-refractivity contribution is 6.31. The fourth-order valence-electron chi connectivity index (χ4n) is 1.99. The highest BCUT2D eigenvalue weighted by Crippen LogP contribution is 2.18. The number of halogens is 1. The molecule has 1 N–H and O–H groups in total. The third kappa shape index (κ3) is 2.68. The lowest BCUT2D eigenvalue weighted by Crippen LogP contribution is -2.29. The molecule has 1 aliphatic rings. The van der Waals surface area contributed by atoms with Gasteiger partial charge in [-0.15, -0.1) is 0 Å². The van der Waals surface area contributed by atoms with Crippen LogP contribution in [0.1, 0.15) is 12.0 Å². The molecule has 1 aliphatic heterocycles. The third-order valence-corrected chi connectivity index (χ3v) is 3.27. The van der Waals surface area contributed by atoms with Gasteiger partial charge in [0.05, 0.1) is 5.02 Å². The van der Waals surface area contributed by atoms with Crippen LogP contribution in [-0.4, -0.2) is 36.1 Å². The Morgan fingerprint density at radius 2 is 2.53 bits per heavy atom. The van der Waals surface area contributed by atoms with E-state index < -0.39 is 0 Å².